The van der Waals surface area contributed by atoms with Crippen LogP contribution in [0, 0.1) is 6.92 Å². The maximum Gasteiger partial charge on any atom is 0.416 e. The molecule has 0 aliphatic carbocycles. The lowest BCUT2D eigenvalue weighted by Crippen LogP contribution is -2.59. The van der Waals surface area contributed by atoms with Crippen molar-refractivity contribution in [2.24, 2.45) is 0 Å². The number of halogens is 3. The SMILES string of the molecule is Cc1ccc(-c2cn(Cc3nn4c(c3C(=O)N3C(C)CN(c5ccc(C(F)(F)F)cc5)CC3C)CCC4)nn2)cc1C(=O)Nc1ccccc1. The third kappa shape index (κ3) is 6.47. The van der Waals surface area contributed by atoms with Gasteiger partial charge in [-0.1, -0.05) is 35.5 Å². The van der Waals surface area contributed by atoms with Gasteiger partial charge in [-0.15, -0.1) is 5.10 Å². The van der Waals surface area contributed by atoms with Gasteiger partial charge >= 0.3 is 6.18 Å². The van der Waals surface area contributed by atoms with Gasteiger partial charge in [-0.3, -0.25) is 14.3 Å². The molecule has 0 radical (unpaired) electrons. The van der Waals surface area contributed by atoms with E-state index < -0.39 is 11.7 Å². The Kier molecular flexibility index (Phi) is 8.66. The molecule has 2 atom stereocenters. The van der Waals surface area contributed by atoms with Crippen molar-refractivity contribution in [2.45, 2.75) is 65.0 Å². The third-order valence-corrected chi connectivity index (χ3v) is 9.50. The van der Waals surface area contributed by atoms with E-state index in [-0.39, 0.29) is 30.4 Å². The number of benzene rings is 3. The van der Waals surface area contributed by atoms with Crippen LogP contribution in [0.3, 0.4) is 0 Å². The maximum absolute atomic E-state index is 14.4. The minimum Gasteiger partial charge on any atom is -0.367 e. The largest absolute Gasteiger partial charge is 0.416 e. The fourth-order valence-electron chi connectivity index (χ4n) is 7.08. The van der Waals surface area contributed by atoms with Gasteiger partial charge < -0.3 is 15.1 Å². The quantitative estimate of drug-likeness (QED) is 0.212. The predicted octanol–water partition coefficient (Wildman–Crippen LogP) is 6.46. The van der Waals surface area contributed by atoms with E-state index in [4.69, 9.17) is 5.10 Å². The van der Waals surface area contributed by atoms with Gasteiger partial charge in [0.25, 0.3) is 11.8 Å². The van der Waals surface area contributed by atoms with E-state index in [1.54, 1.807) is 16.9 Å². The van der Waals surface area contributed by atoms with Crippen molar-refractivity contribution in [2.75, 3.05) is 23.3 Å². The topological polar surface area (TPSA) is 101 Å². The Morgan fingerprint density at radius 2 is 1.68 bits per heavy atom. The smallest absolute Gasteiger partial charge is 0.367 e. The maximum atomic E-state index is 14.4. The van der Waals surface area contributed by atoms with Crippen LogP contribution in [0.2, 0.25) is 0 Å². The lowest BCUT2D eigenvalue weighted by molar-refractivity contribution is -0.137. The van der Waals surface area contributed by atoms with Crippen molar-refractivity contribution in [1.29, 1.82) is 0 Å². The van der Waals surface area contributed by atoms with Gasteiger partial charge in [0, 0.05) is 54.2 Å². The second kappa shape index (κ2) is 13.1. The van der Waals surface area contributed by atoms with Gasteiger partial charge in [0.05, 0.1) is 35.3 Å². The molecule has 50 heavy (non-hydrogen) atoms. The highest BCUT2D eigenvalue weighted by Crippen LogP contribution is 2.33. The van der Waals surface area contributed by atoms with E-state index in [1.807, 2.05) is 77.7 Å². The van der Waals surface area contributed by atoms with Crippen LogP contribution in [0.5, 0.6) is 0 Å². The summed E-state index contributed by atoms with van der Waals surface area (Å²) in [6.07, 6.45) is -0.970. The van der Waals surface area contributed by atoms with E-state index in [2.05, 4.69) is 15.6 Å². The third-order valence-electron chi connectivity index (χ3n) is 9.50. The summed E-state index contributed by atoms with van der Waals surface area (Å²) in [5.74, 6) is -0.328. The van der Waals surface area contributed by atoms with E-state index in [9.17, 15) is 22.8 Å². The first-order chi connectivity index (χ1) is 24.0. The predicted molar refractivity (Wildman–Crippen MR) is 183 cm³/mol. The highest BCUT2D eigenvalue weighted by atomic mass is 19.4. The number of fused-ring (bicyclic) bond motifs is 1. The molecule has 2 aromatic heterocycles. The highest BCUT2D eigenvalue weighted by Gasteiger charge is 2.38. The molecule has 4 heterocycles. The van der Waals surface area contributed by atoms with Crippen LogP contribution in [0.4, 0.5) is 24.5 Å². The summed E-state index contributed by atoms with van der Waals surface area (Å²) in [5.41, 5.74) is 5.47. The Balaban J connectivity index is 1.10. The van der Waals surface area contributed by atoms with Crippen molar-refractivity contribution in [1.82, 2.24) is 29.7 Å². The van der Waals surface area contributed by atoms with Crippen molar-refractivity contribution >= 4 is 23.2 Å². The van der Waals surface area contributed by atoms with E-state index >= 15 is 0 Å². The molecule has 3 aromatic carbocycles. The first-order valence-corrected chi connectivity index (χ1v) is 16.7. The normalized spacial score (nSPS) is 17.6. The molecule has 2 amide bonds. The average molecular weight is 683 g/mol. The number of para-hydroxylation sites is 1. The number of aromatic nitrogens is 5. The molecule has 258 valence electrons. The van der Waals surface area contributed by atoms with Crippen molar-refractivity contribution in [3.05, 3.63) is 113 Å². The highest BCUT2D eigenvalue weighted by molar-refractivity contribution is 6.06. The van der Waals surface area contributed by atoms with Crippen LogP contribution in [-0.4, -0.2) is 66.7 Å². The lowest BCUT2D eigenvalue weighted by Gasteiger charge is -2.45. The monoisotopic (exact) mass is 682 g/mol. The molecule has 2 unspecified atom stereocenters. The second-order valence-electron chi connectivity index (χ2n) is 13.1. The molecule has 0 spiro atoms. The number of anilines is 2. The second-order valence-corrected chi connectivity index (χ2v) is 13.1. The van der Waals surface area contributed by atoms with Gasteiger partial charge in [-0.2, -0.15) is 18.3 Å². The molecule has 1 fully saturated rings. The Morgan fingerprint density at radius 1 is 0.960 bits per heavy atom. The zero-order chi connectivity index (χ0) is 35.2. The summed E-state index contributed by atoms with van der Waals surface area (Å²) in [7, 11) is 0. The molecule has 10 nitrogen and oxygen atoms in total. The number of rotatable bonds is 7. The first kappa shape index (κ1) is 33.1. The van der Waals surface area contributed by atoms with Gasteiger partial charge in [-0.25, -0.2) is 4.68 Å². The summed E-state index contributed by atoms with van der Waals surface area (Å²) < 4.78 is 43.0. The standard InChI is InChI=1S/C37H37F3N8O2/c1-23-11-12-26(18-30(23)35(49)41-28-8-5-4-6-9-28)31-21-46(44-42-31)22-32-34(33-10-7-17-47(33)43-32)36(50)48-24(2)19-45(20-25(48)3)29-15-13-27(14-16-29)37(38,39)40/h4-6,8-9,11-16,18,21,24-25H,7,10,17,19-20,22H2,1-3H3,(H,41,49). The number of hydrogen-bond donors (Lipinski definition) is 1. The zero-order valence-electron chi connectivity index (χ0n) is 28.0. The summed E-state index contributed by atoms with van der Waals surface area (Å²) >= 11 is 0. The number of alkyl halides is 3. The van der Waals surface area contributed by atoms with Gasteiger partial charge in [0.1, 0.15) is 5.69 Å². The average Bonchev–Trinajstić information content (AvgIpc) is 3.82. The molecular formula is C37H37F3N8O2. The molecule has 0 saturated carbocycles. The number of carbonyl (C=O) groups excluding carboxylic acids is 2. The Morgan fingerprint density at radius 3 is 2.38 bits per heavy atom. The van der Waals surface area contributed by atoms with Crippen molar-refractivity contribution in [3.63, 3.8) is 0 Å². The number of carbonyl (C=O) groups is 2. The molecule has 2 aliphatic rings. The van der Waals surface area contributed by atoms with Crippen molar-refractivity contribution < 1.29 is 22.8 Å². The van der Waals surface area contributed by atoms with Crippen LogP contribution in [-0.2, 0) is 25.7 Å². The Bertz CT molecular complexity index is 2030. The van der Waals surface area contributed by atoms with Crippen LogP contribution < -0.4 is 10.2 Å². The molecule has 2 aliphatic heterocycles. The Labute approximate surface area is 287 Å². The molecule has 1 saturated heterocycles. The number of piperazine rings is 1. The van der Waals surface area contributed by atoms with Gasteiger partial charge in [0.15, 0.2) is 0 Å². The van der Waals surface area contributed by atoms with Gasteiger partial charge in [-0.05, 0) is 81.6 Å². The molecule has 5 aromatic rings. The Hall–Kier alpha value is -5.46. The minimum absolute atomic E-state index is 0.108. The van der Waals surface area contributed by atoms with Crippen LogP contribution in [0.25, 0.3) is 11.3 Å². The molecule has 1 N–H and O–H groups in total. The number of nitrogens with one attached hydrogen (secondary N) is 1. The lowest BCUT2D eigenvalue weighted by atomic mass is 10.0. The van der Waals surface area contributed by atoms with Crippen LogP contribution >= 0.6 is 0 Å². The van der Waals surface area contributed by atoms with E-state index in [0.29, 0.717) is 47.0 Å². The summed E-state index contributed by atoms with van der Waals surface area (Å²) in [6, 6.07) is 19.6. The molecule has 13 heteroatoms. The van der Waals surface area contributed by atoms with Crippen LogP contribution in [0.1, 0.15) is 63.5 Å². The molecule has 7 rings (SSSR count). The number of nitrogens with zero attached hydrogens (tertiary/aromatic N) is 7. The molecule has 0 bridgehead atoms. The fourth-order valence-corrected chi connectivity index (χ4v) is 7.08. The van der Waals surface area contributed by atoms with E-state index in [1.165, 1.54) is 12.1 Å². The van der Waals surface area contributed by atoms with Crippen LogP contribution in [0.15, 0.2) is 79.0 Å². The first-order valence-electron chi connectivity index (χ1n) is 16.7. The van der Waals surface area contributed by atoms with Gasteiger partial charge in [0.2, 0.25) is 0 Å². The number of aryl methyl sites for hydroxylation is 2. The summed E-state index contributed by atoms with van der Waals surface area (Å²) in [6.45, 7) is 7.73. The minimum atomic E-state index is -4.40. The fraction of sp³-hybridized carbons (Fsp3) is 0.324. The summed E-state index contributed by atoms with van der Waals surface area (Å²) in [5, 5.41) is 16.5. The molecular weight excluding hydrogens is 645 g/mol. The summed E-state index contributed by atoms with van der Waals surface area (Å²) in [4.78, 5) is 31.4. The van der Waals surface area contributed by atoms with Crippen molar-refractivity contribution in [3.8, 4) is 11.3 Å². The number of hydrogen-bond acceptors (Lipinski definition) is 6. The zero-order valence-corrected chi connectivity index (χ0v) is 28.0. The van der Waals surface area contributed by atoms with E-state index in [0.717, 1.165) is 48.3 Å². The number of amides is 2.